The Bertz CT molecular complexity index is 1740. The second-order valence-electron chi connectivity index (χ2n) is 13.5. The van der Waals surface area contributed by atoms with Gasteiger partial charge in [-0.3, -0.25) is 14.7 Å². The maximum absolute atomic E-state index is 13.4. The number of likely N-dealkylation sites (N-methyl/N-ethyl adjacent to an activating group) is 1. The molecule has 2 N–H and O–H groups in total. The summed E-state index contributed by atoms with van der Waals surface area (Å²) < 4.78 is 22.0. The zero-order valence-electron chi connectivity index (χ0n) is 29.2. The number of ether oxygens (including phenoxy) is 3. The van der Waals surface area contributed by atoms with Crippen molar-refractivity contribution in [2.24, 2.45) is 0 Å². The van der Waals surface area contributed by atoms with E-state index in [2.05, 4.69) is 20.4 Å². The van der Waals surface area contributed by atoms with E-state index >= 15 is 0 Å². The summed E-state index contributed by atoms with van der Waals surface area (Å²) in [6.07, 6.45) is 2.01. The molecule has 0 saturated heterocycles. The first-order chi connectivity index (χ1) is 22.4. The van der Waals surface area contributed by atoms with Gasteiger partial charge in [0.2, 0.25) is 0 Å². The third-order valence-corrected chi connectivity index (χ3v) is 7.04. The molecule has 0 saturated carbocycles. The van der Waals surface area contributed by atoms with Crippen LogP contribution >= 0.6 is 0 Å². The highest BCUT2D eigenvalue weighted by molar-refractivity contribution is 6.35. The van der Waals surface area contributed by atoms with Crippen molar-refractivity contribution in [3.63, 3.8) is 0 Å². The van der Waals surface area contributed by atoms with Crippen LogP contribution in [-0.2, 0) is 25.5 Å². The minimum Gasteiger partial charge on any atom is -0.462 e. The fourth-order valence-corrected chi connectivity index (χ4v) is 4.91. The largest absolute Gasteiger partial charge is 0.462 e. The van der Waals surface area contributed by atoms with Gasteiger partial charge in [0.25, 0.3) is 5.91 Å². The predicted molar refractivity (Wildman–Crippen MR) is 178 cm³/mol. The number of nitrogens with one attached hydrogen (secondary N) is 2. The standard InChI is InChI=1S/C34H44N6O8/c1-11-45-30(42)23-14-19(2)36-24(23)16-22-21-15-25(35-17-26(21)37-29(22)41)28-20(3)38-48-27(28)18-40(32(44)47-34(7,8)9)13-12-39(10)31(43)46-33(4,5)6/h14-17,36H,11-13,18H2,1-10H3,(H,37,41)/b22-16-. The Labute approximate surface area is 279 Å². The summed E-state index contributed by atoms with van der Waals surface area (Å²) in [4.78, 5) is 62.1. The molecule has 0 unspecified atom stereocenters. The molecular formula is C34H44N6O8. The topological polar surface area (TPSA) is 169 Å². The fraction of sp³-hybridized carbons (Fsp3) is 0.471. The van der Waals surface area contributed by atoms with Gasteiger partial charge in [-0.25, -0.2) is 14.4 Å². The summed E-state index contributed by atoms with van der Waals surface area (Å²) in [7, 11) is 1.59. The highest BCUT2D eigenvalue weighted by atomic mass is 16.6. The van der Waals surface area contributed by atoms with Crippen LogP contribution in [0.3, 0.4) is 0 Å². The van der Waals surface area contributed by atoms with Gasteiger partial charge >= 0.3 is 18.2 Å². The lowest BCUT2D eigenvalue weighted by Crippen LogP contribution is -2.42. The molecule has 0 bridgehead atoms. The van der Waals surface area contributed by atoms with Gasteiger partial charge in [0.05, 0.1) is 58.8 Å². The van der Waals surface area contributed by atoms with Crippen LogP contribution in [0.25, 0.3) is 22.9 Å². The number of H-pyrrole nitrogens is 1. The molecule has 0 aromatic carbocycles. The molecule has 4 heterocycles. The van der Waals surface area contributed by atoms with Gasteiger partial charge in [-0.1, -0.05) is 5.16 Å². The molecule has 14 nitrogen and oxygen atoms in total. The van der Waals surface area contributed by atoms with Crippen LogP contribution in [0.1, 0.15) is 87.2 Å². The lowest BCUT2D eigenvalue weighted by atomic mass is 10.0. The zero-order valence-corrected chi connectivity index (χ0v) is 29.2. The van der Waals surface area contributed by atoms with Crippen molar-refractivity contribution >= 4 is 41.4 Å². The molecule has 0 radical (unpaired) electrons. The van der Waals surface area contributed by atoms with Crippen LogP contribution < -0.4 is 5.32 Å². The Morgan fingerprint density at radius 3 is 2.31 bits per heavy atom. The Morgan fingerprint density at radius 2 is 1.67 bits per heavy atom. The van der Waals surface area contributed by atoms with Crippen molar-refractivity contribution in [2.75, 3.05) is 32.1 Å². The van der Waals surface area contributed by atoms with Gasteiger partial charge < -0.3 is 33.9 Å². The number of anilines is 1. The van der Waals surface area contributed by atoms with E-state index in [9.17, 15) is 19.2 Å². The van der Waals surface area contributed by atoms with Crippen molar-refractivity contribution in [2.45, 2.75) is 80.1 Å². The maximum atomic E-state index is 13.4. The molecule has 3 amide bonds. The van der Waals surface area contributed by atoms with Crippen LogP contribution in [0.4, 0.5) is 15.3 Å². The van der Waals surface area contributed by atoms with E-state index in [1.165, 1.54) is 16.0 Å². The van der Waals surface area contributed by atoms with Crippen molar-refractivity contribution < 1.29 is 37.9 Å². The smallest absolute Gasteiger partial charge is 0.410 e. The average molecular weight is 665 g/mol. The number of carbonyl (C=O) groups excluding carboxylic acids is 4. The van der Waals surface area contributed by atoms with E-state index in [1.807, 2.05) is 6.92 Å². The number of aromatic nitrogens is 3. The van der Waals surface area contributed by atoms with Crippen LogP contribution in [0.5, 0.6) is 0 Å². The molecule has 0 atom stereocenters. The lowest BCUT2D eigenvalue weighted by molar-refractivity contribution is -0.110. The lowest BCUT2D eigenvalue weighted by Gasteiger charge is -2.29. The maximum Gasteiger partial charge on any atom is 0.410 e. The molecule has 258 valence electrons. The SMILES string of the molecule is CCOC(=O)c1cc(C)[nH]c1/C=C1\C(=O)Nc2cnc(-c3c(C)noc3CN(CCN(C)C(=O)OC(C)(C)C)C(=O)OC(C)(C)C)cc21. The van der Waals surface area contributed by atoms with Gasteiger partial charge in [0.1, 0.15) is 11.2 Å². The molecule has 0 aliphatic carbocycles. The summed E-state index contributed by atoms with van der Waals surface area (Å²) >= 11 is 0. The number of rotatable bonds is 9. The van der Waals surface area contributed by atoms with Crippen LogP contribution in [0.2, 0.25) is 0 Å². The van der Waals surface area contributed by atoms with E-state index in [1.54, 1.807) is 80.6 Å². The highest BCUT2D eigenvalue weighted by Gasteiger charge is 2.30. The van der Waals surface area contributed by atoms with E-state index in [0.29, 0.717) is 50.8 Å². The van der Waals surface area contributed by atoms with Crippen LogP contribution in [-0.4, -0.2) is 86.9 Å². The van der Waals surface area contributed by atoms with Gasteiger partial charge in [-0.15, -0.1) is 0 Å². The number of aromatic amines is 1. The molecule has 1 aliphatic rings. The van der Waals surface area contributed by atoms with Crippen molar-refractivity contribution in [3.8, 4) is 11.3 Å². The minimum absolute atomic E-state index is 0.0451. The van der Waals surface area contributed by atoms with Crippen molar-refractivity contribution in [1.29, 1.82) is 0 Å². The Kier molecular flexibility index (Phi) is 10.4. The van der Waals surface area contributed by atoms with Crippen LogP contribution in [0, 0.1) is 13.8 Å². The first-order valence-corrected chi connectivity index (χ1v) is 15.6. The molecule has 4 rings (SSSR count). The number of pyridine rings is 1. The molecule has 3 aromatic rings. The highest BCUT2D eigenvalue weighted by Crippen LogP contribution is 2.37. The van der Waals surface area contributed by atoms with Crippen LogP contribution in [0.15, 0.2) is 22.9 Å². The Balaban J connectivity index is 1.67. The molecular weight excluding hydrogens is 620 g/mol. The fourth-order valence-electron chi connectivity index (χ4n) is 4.91. The number of hydrogen-bond acceptors (Lipinski definition) is 10. The van der Waals surface area contributed by atoms with Gasteiger partial charge in [-0.2, -0.15) is 0 Å². The molecule has 48 heavy (non-hydrogen) atoms. The third kappa shape index (κ3) is 8.60. The molecule has 1 aliphatic heterocycles. The summed E-state index contributed by atoms with van der Waals surface area (Å²) in [6, 6.07) is 3.40. The monoisotopic (exact) mass is 664 g/mol. The van der Waals surface area contributed by atoms with E-state index < -0.39 is 29.4 Å². The molecule has 3 aromatic heterocycles. The number of fused-ring (bicyclic) bond motifs is 1. The second-order valence-corrected chi connectivity index (χ2v) is 13.5. The number of amides is 3. The van der Waals surface area contributed by atoms with Gasteiger partial charge in [0, 0.05) is 31.4 Å². The quantitative estimate of drug-likeness (QED) is 0.158. The zero-order chi connectivity index (χ0) is 35.6. The van der Waals surface area contributed by atoms with E-state index in [-0.39, 0.29) is 32.1 Å². The molecule has 0 fully saturated rings. The summed E-state index contributed by atoms with van der Waals surface area (Å²) in [5.74, 6) is -0.532. The minimum atomic E-state index is -0.777. The van der Waals surface area contributed by atoms with Gasteiger partial charge in [-0.05, 0) is 80.5 Å². The Morgan fingerprint density at radius 1 is 1.00 bits per heavy atom. The number of esters is 1. The summed E-state index contributed by atoms with van der Waals surface area (Å²) in [6.45, 7) is 16.3. The molecule has 14 heteroatoms. The van der Waals surface area contributed by atoms with E-state index in [4.69, 9.17) is 18.7 Å². The summed E-state index contributed by atoms with van der Waals surface area (Å²) in [5, 5.41) is 6.98. The number of nitrogens with zero attached hydrogens (tertiary/aromatic N) is 4. The number of hydrogen-bond donors (Lipinski definition) is 2. The third-order valence-electron chi connectivity index (χ3n) is 7.04. The summed E-state index contributed by atoms with van der Waals surface area (Å²) in [5.41, 5.74) is 2.90. The Hall–Kier alpha value is -5.14. The second kappa shape index (κ2) is 13.9. The van der Waals surface area contributed by atoms with Crippen molar-refractivity contribution in [3.05, 3.63) is 52.3 Å². The van der Waals surface area contributed by atoms with Gasteiger partial charge in [0.15, 0.2) is 5.76 Å². The normalized spacial score (nSPS) is 13.6. The number of aryl methyl sites for hydroxylation is 2. The predicted octanol–water partition coefficient (Wildman–Crippen LogP) is 5.95. The molecule has 0 spiro atoms. The van der Waals surface area contributed by atoms with Crippen molar-refractivity contribution in [1.82, 2.24) is 24.9 Å². The number of carbonyl (C=O) groups is 4. The average Bonchev–Trinajstić information content (AvgIpc) is 3.62. The first kappa shape index (κ1) is 35.7. The van der Waals surface area contributed by atoms with E-state index in [0.717, 1.165) is 5.69 Å². The first-order valence-electron chi connectivity index (χ1n) is 15.6.